The van der Waals surface area contributed by atoms with Crippen molar-refractivity contribution in [2.75, 3.05) is 26.4 Å². The highest BCUT2D eigenvalue weighted by atomic mass is 16.5. The molecule has 3 heteroatoms. The number of aliphatic hydroxyl groups is 1. The highest BCUT2D eigenvalue weighted by Crippen LogP contribution is 2.06. The van der Waals surface area contributed by atoms with Crippen LogP contribution in [0.25, 0.3) is 0 Å². The van der Waals surface area contributed by atoms with Crippen LogP contribution in [0.3, 0.4) is 0 Å². The highest BCUT2D eigenvalue weighted by molar-refractivity contribution is 4.54. The Morgan fingerprint density at radius 1 is 0.750 bits per heavy atom. The summed E-state index contributed by atoms with van der Waals surface area (Å²) in [4.78, 5) is 0. The number of aliphatic hydroxyl groups excluding tert-OH is 1. The van der Waals surface area contributed by atoms with E-state index in [1.165, 1.54) is 51.4 Å². The molecular formula is C17H36O3. The Morgan fingerprint density at radius 2 is 1.30 bits per heavy atom. The molecule has 0 aliphatic carbocycles. The Bertz CT molecular complexity index is 174. The van der Waals surface area contributed by atoms with Crippen molar-refractivity contribution < 1.29 is 14.6 Å². The van der Waals surface area contributed by atoms with Crippen molar-refractivity contribution in [1.82, 2.24) is 0 Å². The Kier molecular flexibility index (Phi) is 16.8. The summed E-state index contributed by atoms with van der Waals surface area (Å²) in [6.07, 6.45) is 12.3. The fourth-order valence-corrected chi connectivity index (χ4v) is 2.13. The van der Waals surface area contributed by atoms with Gasteiger partial charge in [-0.25, -0.2) is 0 Å². The number of ether oxygens (including phenoxy) is 2. The molecule has 20 heavy (non-hydrogen) atoms. The molecule has 0 saturated heterocycles. The van der Waals surface area contributed by atoms with Crippen LogP contribution in [0.4, 0.5) is 0 Å². The molecule has 0 saturated carbocycles. The third kappa shape index (κ3) is 14.3. The average molecular weight is 288 g/mol. The zero-order valence-electron chi connectivity index (χ0n) is 13.7. The fraction of sp³-hybridized carbons (Fsp3) is 1.00. The highest BCUT2D eigenvalue weighted by Gasteiger charge is 2.07. The molecule has 0 amide bonds. The second-order valence-electron chi connectivity index (χ2n) is 5.58. The average Bonchev–Trinajstić information content (AvgIpc) is 2.47. The maximum Gasteiger partial charge on any atom is 0.104 e. The minimum atomic E-state index is -0.142. The van der Waals surface area contributed by atoms with Crippen molar-refractivity contribution in [3.63, 3.8) is 0 Å². The van der Waals surface area contributed by atoms with Crippen LogP contribution in [0.2, 0.25) is 0 Å². The quantitative estimate of drug-likeness (QED) is 0.430. The monoisotopic (exact) mass is 288 g/mol. The van der Waals surface area contributed by atoms with Gasteiger partial charge in [0.2, 0.25) is 0 Å². The van der Waals surface area contributed by atoms with E-state index in [-0.39, 0.29) is 12.7 Å². The van der Waals surface area contributed by atoms with E-state index in [0.29, 0.717) is 6.61 Å². The van der Waals surface area contributed by atoms with Gasteiger partial charge in [0.15, 0.2) is 0 Å². The standard InChI is InChI=1S/C17H36O3/c1-3-5-7-9-10-12-14-20-17(15-18)16-19-13-11-8-6-4-2/h17-18H,3-16H2,1-2H3. The van der Waals surface area contributed by atoms with Gasteiger partial charge >= 0.3 is 0 Å². The van der Waals surface area contributed by atoms with Crippen LogP contribution in [0.5, 0.6) is 0 Å². The molecule has 1 unspecified atom stereocenters. The number of rotatable bonds is 16. The molecule has 0 spiro atoms. The summed E-state index contributed by atoms with van der Waals surface area (Å²) in [6, 6.07) is 0. The van der Waals surface area contributed by atoms with Crippen molar-refractivity contribution >= 4 is 0 Å². The minimum absolute atomic E-state index is 0.0603. The molecule has 0 radical (unpaired) electrons. The summed E-state index contributed by atoms with van der Waals surface area (Å²) < 4.78 is 11.2. The molecule has 0 aliphatic heterocycles. The molecule has 122 valence electrons. The summed E-state index contributed by atoms with van der Waals surface area (Å²) in [7, 11) is 0. The number of hydrogen-bond donors (Lipinski definition) is 1. The van der Waals surface area contributed by atoms with Crippen molar-refractivity contribution in [2.24, 2.45) is 0 Å². The van der Waals surface area contributed by atoms with Gasteiger partial charge in [-0.1, -0.05) is 65.2 Å². The third-order valence-electron chi connectivity index (χ3n) is 3.50. The molecule has 0 fully saturated rings. The maximum absolute atomic E-state index is 9.23. The summed E-state index contributed by atoms with van der Waals surface area (Å²) in [6.45, 7) is 6.56. The summed E-state index contributed by atoms with van der Waals surface area (Å²) in [5, 5.41) is 9.23. The smallest absolute Gasteiger partial charge is 0.104 e. The topological polar surface area (TPSA) is 38.7 Å². The Hall–Kier alpha value is -0.120. The minimum Gasteiger partial charge on any atom is -0.394 e. The summed E-state index contributed by atoms with van der Waals surface area (Å²) in [5.74, 6) is 0. The Labute approximate surface area is 126 Å². The Morgan fingerprint density at radius 3 is 1.95 bits per heavy atom. The molecular weight excluding hydrogens is 252 g/mol. The van der Waals surface area contributed by atoms with Crippen LogP contribution < -0.4 is 0 Å². The molecule has 0 aromatic heterocycles. The normalized spacial score (nSPS) is 12.8. The van der Waals surface area contributed by atoms with E-state index >= 15 is 0 Å². The number of unbranched alkanes of at least 4 members (excludes halogenated alkanes) is 8. The van der Waals surface area contributed by atoms with Gasteiger partial charge in [0.25, 0.3) is 0 Å². The first-order chi connectivity index (χ1) is 9.85. The van der Waals surface area contributed by atoms with Gasteiger partial charge in [0, 0.05) is 13.2 Å². The molecule has 0 rings (SSSR count). The molecule has 3 nitrogen and oxygen atoms in total. The van der Waals surface area contributed by atoms with Gasteiger partial charge in [-0.2, -0.15) is 0 Å². The second kappa shape index (κ2) is 16.9. The SMILES string of the molecule is CCCCCCCCOC(CO)COCCCCCC. The largest absolute Gasteiger partial charge is 0.394 e. The summed E-state index contributed by atoms with van der Waals surface area (Å²) >= 11 is 0. The lowest BCUT2D eigenvalue weighted by molar-refractivity contribution is -0.0437. The molecule has 0 aliphatic rings. The van der Waals surface area contributed by atoms with Crippen LogP contribution >= 0.6 is 0 Å². The van der Waals surface area contributed by atoms with Crippen molar-refractivity contribution in [2.45, 2.75) is 84.2 Å². The lowest BCUT2D eigenvalue weighted by Gasteiger charge is -2.15. The van der Waals surface area contributed by atoms with Crippen LogP contribution in [-0.2, 0) is 9.47 Å². The van der Waals surface area contributed by atoms with Crippen molar-refractivity contribution in [3.8, 4) is 0 Å². The van der Waals surface area contributed by atoms with E-state index in [1.807, 2.05) is 0 Å². The zero-order chi connectivity index (χ0) is 14.9. The molecule has 0 aromatic carbocycles. The van der Waals surface area contributed by atoms with Crippen LogP contribution in [-0.4, -0.2) is 37.6 Å². The first-order valence-corrected chi connectivity index (χ1v) is 8.65. The van der Waals surface area contributed by atoms with Gasteiger partial charge < -0.3 is 14.6 Å². The van der Waals surface area contributed by atoms with Crippen LogP contribution in [0, 0.1) is 0 Å². The van der Waals surface area contributed by atoms with Gasteiger partial charge in [0.05, 0.1) is 13.2 Å². The molecule has 0 bridgehead atoms. The van der Waals surface area contributed by atoms with Gasteiger partial charge in [-0.05, 0) is 12.8 Å². The third-order valence-corrected chi connectivity index (χ3v) is 3.50. The van der Waals surface area contributed by atoms with E-state index in [0.717, 1.165) is 26.1 Å². The molecule has 1 atom stereocenters. The van der Waals surface area contributed by atoms with E-state index in [2.05, 4.69) is 13.8 Å². The molecule has 0 heterocycles. The van der Waals surface area contributed by atoms with Crippen molar-refractivity contribution in [3.05, 3.63) is 0 Å². The van der Waals surface area contributed by atoms with E-state index in [1.54, 1.807) is 0 Å². The molecule has 1 N–H and O–H groups in total. The first kappa shape index (κ1) is 19.9. The Balaban J connectivity index is 3.29. The van der Waals surface area contributed by atoms with Crippen molar-refractivity contribution in [1.29, 1.82) is 0 Å². The van der Waals surface area contributed by atoms with E-state index in [4.69, 9.17) is 9.47 Å². The van der Waals surface area contributed by atoms with E-state index in [9.17, 15) is 5.11 Å². The number of hydrogen-bond acceptors (Lipinski definition) is 3. The van der Waals surface area contributed by atoms with Crippen LogP contribution in [0.1, 0.15) is 78.1 Å². The lowest BCUT2D eigenvalue weighted by atomic mass is 10.1. The zero-order valence-corrected chi connectivity index (χ0v) is 13.7. The first-order valence-electron chi connectivity index (χ1n) is 8.65. The van der Waals surface area contributed by atoms with Gasteiger partial charge in [-0.15, -0.1) is 0 Å². The molecule has 0 aromatic rings. The predicted octanol–water partition coefficient (Wildman–Crippen LogP) is 4.32. The fourth-order valence-electron chi connectivity index (χ4n) is 2.13. The summed E-state index contributed by atoms with van der Waals surface area (Å²) in [5.41, 5.74) is 0. The lowest BCUT2D eigenvalue weighted by Crippen LogP contribution is -2.24. The second-order valence-corrected chi connectivity index (χ2v) is 5.58. The van der Waals surface area contributed by atoms with E-state index < -0.39 is 0 Å². The van der Waals surface area contributed by atoms with Crippen LogP contribution in [0.15, 0.2) is 0 Å². The van der Waals surface area contributed by atoms with Gasteiger partial charge in [0.1, 0.15) is 6.10 Å². The maximum atomic E-state index is 9.23. The van der Waals surface area contributed by atoms with Gasteiger partial charge in [-0.3, -0.25) is 0 Å². The predicted molar refractivity (Wildman–Crippen MR) is 85.2 cm³/mol.